The van der Waals surface area contributed by atoms with Crippen molar-refractivity contribution in [3.8, 4) is 5.75 Å². The predicted molar refractivity (Wildman–Crippen MR) is 91.7 cm³/mol. The fourth-order valence-electron chi connectivity index (χ4n) is 2.22. The highest BCUT2D eigenvalue weighted by molar-refractivity contribution is 7.10. The first-order valence-electron chi connectivity index (χ1n) is 7.35. The second-order valence-electron chi connectivity index (χ2n) is 5.22. The monoisotopic (exact) mass is 323 g/mol. The predicted octanol–water partition coefficient (Wildman–Crippen LogP) is 5.28. The first-order valence-corrected chi connectivity index (χ1v) is 8.61. The minimum atomic E-state index is 0.0763. The minimum absolute atomic E-state index is 0.0763. The Kier molecular flexibility index (Phi) is 6.09. The molecule has 0 saturated carbocycles. The molecule has 0 aliphatic carbocycles. The highest BCUT2D eigenvalue weighted by Crippen LogP contribution is 2.37. The van der Waals surface area contributed by atoms with Gasteiger partial charge >= 0.3 is 0 Å². The van der Waals surface area contributed by atoms with Crippen LogP contribution < -0.4 is 10.1 Å². The van der Waals surface area contributed by atoms with Crippen molar-refractivity contribution >= 4 is 22.9 Å². The van der Waals surface area contributed by atoms with E-state index in [0.717, 1.165) is 34.2 Å². The van der Waals surface area contributed by atoms with Gasteiger partial charge in [0.05, 0.1) is 17.2 Å². The maximum absolute atomic E-state index is 6.35. The summed E-state index contributed by atoms with van der Waals surface area (Å²) >= 11 is 8.03. The van der Waals surface area contributed by atoms with Crippen molar-refractivity contribution in [1.29, 1.82) is 0 Å². The van der Waals surface area contributed by atoms with E-state index in [-0.39, 0.29) is 12.1 Å². The largest absolute Gasteiger partial charge is 0.491 e. The van der Waals surface area contributed by atoms with Gasteiger partial charge in [0.25, 0.3) is 0 Å². The molecule has 0 radical (unpaired) electrons. The number of benzene rings is 1. The summed E-state index contributed by atoms with van der Waals surface area (Å²) in [7, 11) is 0. The van der Waals surface area contributed by atoms with Crippen LogP contribution in [0.25, 0.3) is 0 Å². The van der Waals surface area contributed by atoms with Crippen LogP contribution in [0.5, 0.6) is 5.75 Å². The fraction of sp³-hybridized carbons (Fsp3) is 0.412. The maximum Gasteiger partial charge on any atom is 0.124 e. The molecule has 0 aliphatic rings. The highest BCUT2D eigenvalue weighted by Gasteiger charge is 2.21. The van der Waals surface area contributed by atoms with Crippen molar-refractivity contribution in [2.75, 3.05) is 6.54 Å². The third-order valence-corrected chi connectivity index (χ3v) is 4.52. The smallest absolute Gasteiger partial charge is 0.124 e. The van der Waals surface area contributed by atoms with Gasteiger partial charge in [0.2, 0.25) is 0 Å². The number of thiophene rings is 1. The van der Waals surface area contributed by atoms with Crippen LogP contribution in [0.4, 0.5) is 0 Å². The van der Waals surface area contributed by atoms with Crippen molar-refractivity contribution in [2.45, 2.75) is 39.3 Å². The average Bonchev–Trinajstić information content (AvgIpc) is 2.87. The molecule has 0 fully saturated rings. The van der Waals surface area contributed by atoms with Gasteiger partial charge in [-0.1, -0.05) is 36.7 Å². The molecule has 4 heteroatoms. The molecule has 2 nitrogen and oxygen atoms in total. The molecule has 21 heavy (non-hydrogen) atoms. The second kappa shape index (κ2) is 7.83. The van der Waals surface area contributed by atoms with Crippen molar-refractivity contribution < 1.29 is 4.74 Å². The van der Waals surface area contributed by atoms with E-state index in [0.29, 0.717) is 0 Å². The van der Waals surface area contributed by atoms with Gasteiger partial charge in [-0.05, 0) is 44.3 Å². The summed E-state index contributed by atoms with van der Waals surface area (Å²) in [4.78, 5) is 1.14. The van der Waals surface area contributed by atoms with E-state index in [1.807, 2.05) is 43.5 Å². The van der Waals surface area contributed by atoms with Crippen LogP contribution in [0, 0.1) is 0 Å². The number of hydrogen-bond acceptors (Lipinski definition) is 3. The lowest BCUT2D eigenvalue weighted by molar-refractivity contribution is 0.238. The molecule has 2 aromatic rings. The van der Waals surface area contributed by atoms with Crippen LogP contribution >= 0.6 is 22.9 Å². The van der Waals surface area contributed by atoms with Crippen molar-refractivity contribution in [3.63, 3.8) is 0 Å². The van der Waals surface area contributed by atoms with Crippen molar-refractivity contribution in [1.82, 2.24) is 5.32 Å². The van der Waals surface area contributed by atoms with Crippen LogP contribution in [-0.4, -0.2) is 12.6 Å². The summed E-state index contributed by atoms with van der Waals surface area (Å²) in [5.41, 5.74) is 1.14. The van der Waals surface area contributed by atoms with Crippen molar-refractivity contribution in [2.24, 2.45) is 0 Å². The lowest BCUT2D eigenvalue weighted by Gasteiger charge is -2.22. The third-order valence-electron chi connectivity index (χ3n) is 3.10. The molecule has 0 amide bonds. The third kappa shape index (κ3) is 4.22. The Balaban J connectivity index is 2.39. The quantitative estimate of drug-likeness (QED) is 0.748. The molecular weight excluding hydrogens is 302 g/mol. The first-order chi connectivity index (χ1) is 10.1. The molecule has 0 spiro atoms. The van der Waals surface area contributed by atoms with E-state index < -0.39 is 0 Å². The summed E-state index contributed by atoms with van der Waals surface area (Å²) in [6.45, 7) is 7.19. The normalized spacial score (nSPS) is 12.6. The molecule has 1 aromatic heterocycles. The number of nitrogens with one attached hydrogen (secondary N) is 1. The molecule has 1 heterocycles. The van der Waals surface area contributed by atoms with Gasteiger partial charge in [0, 0.05) is 10.4 Å². The number of para-hydroxylation sites is 1. The van der Waals surface area contributed by atoms with Gasteiger partial charge in [0.15, 0.2) is 0 Å². The van der Waals surface area contributed by atoms with E-state index >= 15 is 0 Å². The zero-order valence-corrected chi connectivity index (χ0v) is 14.3. The van der Waals surface area contributed by atoms with Crippen LogP contribution in [0.3, 0.4) is 0 Å². The Morgan fingerprint density at radius 3 is 2.62 bits per heavy atom. The summed E-state index contributed by atoms with van der Waals surface area (Å²) in [5, 5.41) is 6.43. The van der Waals surface area contributed by atoms with Crippen LogP contribution in [0.1, 0.15) is 43.7 Å². The van der Waals surface area contributed by atoms with Crippen LogP contribution in [0.2, 0.25) is 5.02 Å². The van der Waals surface area contributed by atoms with E-state index in [9.17, 15) is 0 Å². The number of hydrogen-bond donors (Lipinski definition) is 1. The molecule has 114 valence electrons. The molecule has 0 bridgehead atoms. The molecular formula is C17H22ClNOS. The number of rotatable bonds is 7. The molecule has 2 rings (SSSR count). The Hall–Kier alpha value is -1.03. The lowest BCUT2D eigenvalue weighted by atomic mass is 10.0. The van der Waals surface area contributed by atoms with Gasteiger partial charge < -0.3 is 10.1 Å². The van der Waals surface area contributed by atoms with E-state index in [1.54, 1.807) is 11.3 Å². The van der Waals surface area contributed by atoms with E-state index in [1.165, 1.54) is 0 Å². The number of halogens is 1. The van der Waals surface area contributed by atoms with Gasteiger partial charge in [-0.3, -0.25) is 0 Å². The van der Waals surface area contributed by atoms with Gasteiger partial charge in [-0.25, -0.2) is 0 Å². The van der Waals surface area contributed by atoms with Crippen LogP contribution in [0.15, 0.2) is 35.7 Å². The summed E-state index contributed by atoms with van der Waals surface area (Å²) < 4.78 is 5.97. The highest BCUT2D eigenvalue weighted by atomic mass is 35.5. The topological polar surface area (TPSA) is 21.3 Å². The summed E-state index contributed by atoms with van der Waals surface area (Å²) in [6.07, 6.45) is 1.23. The molecule has 0 saturated heterocycles. The second-order valence-corrected chi connectivity index (χ2v) is 6.58. The minimum Gasteiger partial charge on any atom is -0.491 e. The van der Waals surface area contributed by atoms with Gasteiger partial charge in [-0.2, -0.15) is 0 Å². The van der Waals surface area contributed by atoms with E-state index in [4.69, 9.17) is 16.3 Å². The number of ether oxygens (including phenoxy) is 1. The molecule has 1 aromatic carbocycles. The van der Waals surface area contributed by atoms with Crippen molar-refractivity contribution in [3.05, 3.63) is 51.2 Å². The van der Waals surface area contributed by atoms with Crippen LogP contribution in [-0.2, 0) is 0 Å². The Morgan fingerprint density at radius 2 is 2.00 bits per heavy atom. The SMILES string of the molecule is CCCNC(c1ccccc1OC(C)C)c1sccc1Cl. The Morgan fingerprint density at radius 1 is 1.24 bits per heavy atom. The Bertz CT molecular complexity index is 567. The molecule has 1 atom stereocenters. The average molecular weight is 324 g/mol. The molecule has 0 aliphatic heterocycles. The van der Waals surface area contributed by atoms with E-state index in [2.05, 4.69) is 18.3 Å². The summed E-state index contributed by atoms with van der Waals surface area (Å²) in [6, 6.07) is 10.2. The lowest BCUT2D eigenvalue weighted by Crippen LogP contribution is -2.23. The standard InChI is InChI=1S/C17H22ClNOS/c1-4-10-19-16(17-14(18)9-11-21-17)13-7-5-6-8-15(13)20-12(2)3/h5-9,11-12,16,19H,4,10H2,1-3H3. The fourth-order valence-corrected chi connectivity index (χ4v) is 3.48. The summed E-state index contributed by atoms with van der Waals surface area (Å²) in [5.74, 6) is 0.922. The Labute approximate surface area is 136 Å². The molecule has 1 N–H and O–H groups in total. The van der Waals surface area contributed by atoms with Gasteiger partial charge in [-0.15, -0.1) is 11.3 Å². The van der Waals surface area contributed by atoms with Gasteiger partial charge in [0.1, 0.15) is 5.75 Å². The zero-order valence-electron chi connectivity index (χ0n) is 12.7. The maximum atomic E-state index is 6.35. The zero-order chi connectivity index (χ0) is 15.2. The molecule has 1 unspecified atom stereocenters. The first kappa shape index (κ1) is 16.3.